The maximum Gasteiger partial charge on any atom is 0.338 e. The maximum absolute atomic E-state index is 11.4. The molecule has 0 aliphatic heterocycles. The number of urea groups is 1. The third-order valence-corrected chi connectivity index (χ3v) is 3.11. The Morgan fingerprint density at radius 3 is 2.71 bits per heavy atom. The van der Waals surface area contributed by atoms with Gasteiger partial charge in [-0.05, 0) is 18.8 Å². The lowest BCUT2D eigenvalue weighted by molar-refractivity contribution is -0.144. The van der Waals surface area contributed by atoms with Crippen molar-refractivity contribution in [3.8, 4) is 0 Å². The molecular formula is C11H20N2O4. The van der Waals surface area contributed by atoms with Gasteiger partial charge in [0.15, 0.2) is 6.61 Å². The fourth-order valence-electron chi connectivity index (χ4n) is 2.25. The number of hydroxylamine groups is 1. The zero-order valence-corrected chi connectivity index (χ0v) is 10.1. The van der Waals surface area contributed by atoms with Gasteiger partial charge in [0.25, 0.3) is 0 Å². The molecule has 0 saturated heterocycles. The van der Waals surface area contributed by atoms with E-state index in [1.54, 1.807) is 0 Å². The van der Waals surface area contributed by atoms with Gasteiger partial charge in [0.05, 0.1) is 0 Å². The lowest BCUT2D eigenvalue weighted by Gasteiger charge is -2.31. The third-order valence-electron chi connectivity index (χ3n) is 3.11. The van der Waals surface area contributed by atoms with Gasteiger partial charge in [-0.3, -0.25) is 4.84 Å². The molecule has 0 heterocycles. The fraction of sp³-hybridized carbons (Fsp3) is 0.818. The third kappa shape index (κ3) is 5.04. The second-order valence-electron chi connectivity index (χ2n) is 4.32. The van der Waals surface area contributed by atoms with Gasteiger partial charge in [0.1, 0.15) is 0 Å². The summed E-state index contributed by atoms with van der Waals surface area (Å²) in [5.74, 6) is -0.608. The Morgan fingerprint density at radius 1 is 1.35 bits per heavy atom. The molecule has 1 aliphatic rings. The number of hydrogen-bond donors (Lipinski definition) is 3. The van der Waals surface area contributed by atoms with Gasteiger partial charge in [-0.15, -0.1) is 0 Å². The Hall–Kier alpha value is -1.30. The van der Waals surface area contributed by atoms with E-state index < -0.39 is 18.6 Å². The molecule has 2 amide bonds. The van der Waals surface area contributed by atoms with E-state index in [9.17, 15) is 9.59 Å². The molecule has 1 rings (SSSR count). The first kappa shape index (κ1) is 13.8. The average Bonchev–Trinajstić information content (AvgIpc) is 2.29. The van der Waals surface area contributed by atoms with Crippen molar-refractivity contribution in [2.45, 2.75) is 45.1 Å². The Labute approximate surface area is 101 Å². The topological polar surface area (TPSA) is 87.7 Å². The van der Waals surface area contributed by atoms with E-state index in [0.717, 1.165) is 25.7 Å². The van der Waals surface area contributed by atoms with Gasteiger partial charge in [-0.2, -0.15) is 0 Å². The molecule has 0 bridgehead atoms. The SMILES string of the molecule is CCC1CCCCC1NC(=O)NOCC(=O)O. The van der Waals surface area contributed by atoms with E-state index in [1.807, 2.05) is 0 Å². The van der Waals surface area contributed by atoms with Gasteiger partial charge in [0.2, 0.25) is 0 Å². The first-order valence-corrected chi connectivity index (χ1v) is 6.03. The second kappa shape index (κ2) is 7.11. The van der Waals surface area contributed by atoms with Crippen LogP contribution in [0.25, 0.3) is 0 Å². The van der Waals surface area contributed by atoms with Crippen molar-refractivity contribution in [1.29, 1.82) is 0 Å². The molecule has 6 nitrogen and oxygen atoms in total. The van der Waals surface area contributed by atoms with Crippen LogP contribution in [0.4, 0.5) is 4.79 Å². The predicted molar refractivity (Wildman–Crippen MR) is 61.3 cm³/mol. The van der Waals surface area contributed by atoms with Crippen LogP contribution in [0, 0.1) is 5.92 Å². The van der Waals surface area contributed by atoms with Gasteiger partial charge in [-0.25, -0.2) is 15.1 Å². The highest BCUT2D eigenvalue weighted by Crippen LogP contribution is 2.26. The molecule has 0 aromatic heterocycles. The Kier molecular flexibility index (Phi) is 5.76. The summed E-state index contributed by atoms with van der Waals surface area (Å²) in [5.41, 5.74) is 2.08. The molecule has 3 N–H and O–H groups in total. The van der Waals surface area contributed by atoms with Crippen LogP contribution in [0.5, 0.6) is 0 Å². The van der Waals surface area contributed by atoms with Crippen molar-refractivity contribution >= 4 is 12.0 Å². The molecule has 6 heteroatoms. The number of amides is 2. The van der Waals surface area contributed by atoms with Gasteiger partial charge >= 0.3 is 12.0 Å². The lowest BCUT2D eigenvalue weighted by atomic mass is 9.83. The lowest BCUT2D eigenvalue weighted by Crippen LogP contribution is -2.46. The minimum Gasteiger partial charge on any atom is -0.479 e. The molecule has 1 fully saturated rings. The number of aliphatic carboxylic acids is 1. The van der Waals surface area contributed by atoms with E-state index >= 15 is 0 Å². The van der Waals surface area contributed by atoms with Crippen LogP contribution < -0.4 is 10.8 Å². The number of hydrogen-bond acceptors (Lipinski definition) is 3. The molecule has 1 saturated carbocycles. The van der Waals surface area contributed by atoms with Gasteiger partial charge in [0, 0.05) is 6.04 Å². The van der Waals surface area contributed by atoms with E-state index in [-0.39, 0.29) is 6.04 Å². The van der Waals surface area contributed by atoms with E-state index in [4.69, 9.17) is 5.11 Å². The van der Waals surface area contributed by atoms with E-state index in [2.05, 4.69) is 22.6 Å². The molecule has 2 atom stereocenters. The number of carbonyl (C=O) groups is 2. The quantitative estimate of drug-likeness (QED) is 0.635. The van der Waals surface area contributed by atoms with Crippen LogP contribution in [0.2, 0.25) is 0 Å². The maximum atomic E-state index is 11.4. The monoisotopic (exact) mass is 244 g/mol. The van der Waals surface area contributed by atoms with Crippen molar-refractivity contribution in [2.24, 2.45) is 5.92 Å². The zero-order chi connectivity index (χ0) is 12.7. The molecule has 17 heavy (non-hydrogen) atoms. The minimum absolute atomic E-state index is 0.169. The first-order valence-electron chi connectivity index (χ1n) is 6.03. The van der Waals surface area contributed by atoms with Crippen molar-refractivity contribution in [3.05, 3.63) is 0 Å². The molecule has 2 unspecified atom stereocenters. The summed E-state index contributed by atoms with van der Waals surface area (Å²) in [6.07, 6.45) is 5.49. The average molecular weight is 244 g/mol. The fourth-order valence-corrected chi connectivity index (χ4v) is 2.25. The van der Waals surface area contributed by atoms with Crippen LogP contribution in [0.15, 0.2) is 0 Å². The summed E-state index contributed by atoms with van der Waals surface area (Å²) >= 11 is 0. The molecule has 98 valence electrons. The predicted octanol–water partition coefficient (Wildman–Crippen LogP) is 1.27. The van der Waals surface area contributed by atoms with Crippen molar-refractivity contribution in [2.75, 3.05) is 6.61 Å². The summed E-state index contributed by atoms with van der Waals surface area (Å²) in [7, 11) is 0. The number of nitrogens with one attached hydrogen (secondary N) is 2. The van der Waals surface area contributed by atoms with E-state index in [1.165, 1.54) is 6.42 Å². The van der Waals surface area contributed by atoms with Crippen LogP contribution in [0.3, 0.4) is 0 Å². The van der Waals surface area contributed by atoms with Crippen molar-refractivity contribution in [3.63, 3.8) is 0 Å². The molecule has 0 radical (unpaired) electrons. The van der Waals surface area contributed by atoms with Crippen LogP contribution >= 0.6 is 0 Å². The standard InChI is InChI=1S/C11H20N2O4/c1-2-8-5-3-4-6-9(8)12-11(16)13-17-7-10(14)15/h8-9H,2-7H2,1H3,(H,14,15)(H2,12,13,16). The Balaban J connectivity index is 2.26. The normalized spacial score (nSPS) is 24.1. The van der Waals surface area contributed by atoms with Crippen LogP contribution in [-0.2, 0) is 9.63 Å². The van der Waals surface area contributed by atoms with Crippen LogP contribution in [-0.4, -0.2) is 29.8 Å². The number of carboxylic acid groups (broad SMARTS) is 1. The highest BCUT2D eigenvalue weighted by atomic mass is 16.7. The molecule has 1 aliphatic carbocycles. The number of rotatable bonds is 5. The first-order chi connectivity index (χ1) is 8.13. The number of carbonyl (C=O) groups excluding carboxylic acids is 1. The molecule has 0 aromatic rings. The Bertz CT molecular complexity index is 270. The highest BCUT2D eigenvalue weighted by Gasteiger charge is 2.24. The summed E-state index contributed by atoms with van der Waals surface area (Å²) < 4.78 is 0. The molecule has 0 aromatic carbocycles. The second-order valence-corrected chi connectivity index (χ2v) is 4.32. The molecule has 0 spiro atoms. The van der Waals surface area contributed by atoms with Crippen molar-refractivity contribution < 1.29 is 19.5 Å². The van der Waals surface area contributed by atoms with Gasteiger partial charge < -0.3 is 10.4 Å². The van der Waals surface area contributed by atoms with E-state index in [0.29, 0.717) is 5.92 Å². The highest BCUT2D eigenvalue weighted by molar-refractivity contribution is 5.73. The Morgan fingerprint density at radius 2 is 2.06 bits per heavy atom. The summed E-state index contributed by atoms with van der Waals surface area (Å²) in [6, 6.07) is -0.293. The summed E-state index contributed by atoms with van der Waals surface area (Å²) in [5, 5.41) is 11.2. The number of carboxylic acids is 1. The zero-order valence-electron chi connectivity index (χ0n) is 10.1. The summed E-state index contributed by atoms with van der Waals surface area (Å²) in [6.45, 7) is 1.58. The minimum atomic E-state index is -1.12. The largest absolute Gasteiger partial charge is 0.479 e. The molecular weight excluding hydrogens is 224 g/mol. The van der Waals surface area contributed by atoms with Crippen molar-refractivity contribution in [1.82, 2.24) is 10.8 Å². The van der Waals surface area contributed by atoms with Gasteiger partial charge in [-0.1, -0.05) is 26.2 Å². The smallest absolute Gasteiger partial charge is 0.338 e. The summed E-state index contributed by atoms with van der Waals surface area (Å²) in [4.78, 5) is 26.1. The van der Waals surface area contributed by atoms with Crippen LogP contribution in [0.1, 0.15) is 39.0 Å².